The maximum absolute atomic E-state index is 11.8. The van der Waals surface area contributed by atoms with Crippen molar-refractivity contribution in [3.8, 4) is 0 Å². The Morgan fingerprint density at radius 3 is 2.81 bits per heavy atom. The summed E-state index contributed by atoms with van der Waals surface area (Å²) in [4.78, 5) is 0. The van der Waals surface area contributed by atoms with Gasteiger partial charge in [0.05, 0.1) is 11.0 Å². The molecule has 88 valence electrons. The van der Waals surface area contributed by atoms with Gasteiger partial charge in [-0.15, -0.1) is 0 Å². The average molecular weight is 239 g/mol. The largest absolute Gasteiger partial charge is 0.384 e. The van der Waals surface area contributed by atoms with Crippen LogP contribution in [0.5, 0.6) is 0 Å². The van der Waals surface area contributed by atoms with E-state index < -0.39 is 9.84 Å². The van der Waals surface area contributed by atoms with E-state index in [9.17, 15) is 8.42 Å². The summed E-state index contributed by atoms with van der Waals surface area (Å²) >= 11 is 0. The van der Waals surface area contributed by atoms with Crippen molar-refractivity contribution in [2.75, 3.05) is 11.9 Å². The maximum Gasteiger partial charge on any atom is 0.156 e. The highest BCUT2D eigenvalue weighted by molar-refractivity contribution is 7.91. The third-order valence-electron chi connectivity index (χ3n) is 2.97. The molecule has 1 aromatic carbocycles. The lowest BCUT2D eigenvalue weighted by Crippen LogP contribution is -2.16. The second kappa shape index (κ2) is 4.09. The molecule has 1 N–H and O–H groups in total. The molecule has 1 aliphatic heterocycles. The summed E-state index contributed by atoms with van der Waals surface area (Å²) in [6.45, 7) is 4.40. The van der Waals surface area contributed by atoms with E-state index in [2.05, 4.69) is 5.32 Å². The fourth-order valence-electron chi connectivity index (χ4n) is 1.83. The number of hydrogen-bond donors (Lipinski definition) is 1. The van der Waals surface area contributed by atoms with Gasteiger partial charge in [0.1, 0.15) is 0 Å². The van der Waals surface area contributed by atoms with Gasteiger partial charge in [0.2, 0.25) is 0 Å². The molecule has 1 aliphatic rings. The highest BCUT2D eigenvalue weighted by Gasteiger charge is 2.18. The van der Waals surface area contributed by atoms with E-state index in [0.717, 1.165) is 24.2 Å². The van der Waals surface area contributed by atoms with Gasteiger partial charge in [-0.3, -0.25) is 0 Å². The van der Waals surface area contributed by atoms with Crippen molar-refractivity contribution >= 4 is 15.5 Å². The SMILES string of the molecule is CC(C)S(=O)(=O)Cc1ccc2c(c1)NCC2. The topological polar surface area (TPSA) is 46.2 Å². The van der Waals surface area contributed by atoms with Crippen molar-refractivity contribution in [1.29, 1.82) is 0 Å². The van der Waals surface area contributed by atoms with Crippen molar-refractivity contribution in [3.05, 3.63) is 29.3 Å². The van der Waals surface area contributed by atoms with E-state index in [4.69, 9.17) is 0 Å². The molecule has 0 aliphatic carbocycles. The van der Waals surface area contributed by atoms with Crippen LogP contribution in [0.15, 0.2) is 18.2 Å². The minimum Gasteiger partial charge on any atom is -0.384 e. The second-order valence-corrected chi connectivity index (χ2v) is 7.08. The predicted molar refractivity (Wildman–Crippen MR) is 66.4 cm³/mol. The summed E-state index contributed by atoms with van der Waals surface area (Å²) in [5, 5.41) is 2.95. The van der Waals surface area contributed by atoms with Crippen molar-refractivity contribution in [1.82, 2.24) is 0 Å². The fraction of sp³-hybridized carbons (Fsp3) is 0.500. The van der Waals surface area contributed by atoms with Crippen LogP contribution in [-0.4, -0.2) is 20.2 Å². The number of rotatable bonds is 3. The van der Waals surface area contributed by atoms with Gasteiger partial charge in [-0.2, -0.15) is 0 Å². The molecule has 0 fully saturated rings. The highest BCUT2D eigenvalue weighted by atomic mass is 32.2. The molecule has 0 radical (unpaired) electrons. The Morgan fingerprint density at radius 2 is 2.12 bits per heavy atom. The lowest BCUT2D eigenvalue weighted by molar-refractivity contribution is 0.586. The molecule has 4 heteroatoms. The first-order chi connectivity index (χ1) is 7.49. The summed E-state index contributed by atoms with van der Waals surface area (Å²) in [7, 11) is -3.00. The first-order valence-electron chi connectivity index (χ1n) is 5.56. The van der Waals surface area contributed by atoms with Gasteiger partial charge in [0.15, 0.2) is 9.84 Å². The van der Waals surface area contributed by atoms with Crippen molar-refractivity contribution in [3.63, 3.8) is 0 Å². The molecule has 16 heavy (non-hydrogen) atoms. The van der Waals surface area contributed by atoms with Gasteiger partial charge in [0, 0.05) is 12.2 Å². The first-order valence-corrected chi connectivity index (χ1v) is 7.28. The monoisotopic (exact) mass is 239 g/mol. The van der Waals surface area contributed by atoms with E-state index in [1.165, 1.54) is 5.56 Å². The Kier molecular flexibility index (Phi) is 2.93. The molecule has 0 saturated heterocycles. The highest BCUT2D eigenvalue weighted by Crippen LogP contribution is 2.24. The van der Waals surface area contributed by atoms with Crippen LogP contribution in [0.25, 0.3) is 0 Å². The number of nitrogens with one attached hydrogen (secondary N) is 1. The molecule has 0 aromatic heterocycles. The van der Waals surface area contributed by atoms with Crippen LogP contribution < -0.4 is 5.32 Å². The summed E-state index contributed by atoms with van der Waals surface area (Å²) in [5.74, 6) is 0.139. The van der Waals surface area contributed by atoms with Crippen LogP contribution in [0.4, 0.5) is 5.69 Å². The Labute approximate surface area is 96.8 Å². The normalized spacial score (nSPS) is 14.9. The number of benzene rings is 1. The van der Waals surface area contributed by atoms with Gasteiger partial charge in [-0.1, -0.05) is 12.1 Å². The van der Waals surface area contributed by atoms with E-state index in [0.29, 0.717) is 0 Å². The molecule has 2 rings (SSSR count). The number of anilines is 1. The molecule has 0 amide bonds. The molecule has 3 nitrogen and oxygen atoms in total. The molecule has 1 heterocycles. The lowest BCUT2D eigenvalue weighted by Gasteiger charge is -2.09. The zero-order valence-electron chi connectivity index (χ0n) is 9.66. The van der Waals surface area contributed by atoms with Crippen molar-refractivity contribution in [2.45, 2.75) is 31.3 Å². The van der Waals surface area contributed by atoms with Crippen LogP contribution in [0, 0.1) is 0 Å². The zero-order chi connectivity index (χ0) is 11.8. The van der Waals surface area contributed by atoms with Crippen LogP contribution >= 0.6 is 0 Å². The molecular formula is C12H17NO2S. The fourth-order valence-corrected chi connectivity index (χ4v) is 2.80. The molecule has 0 spiro atoms. The predicted octanol–water partition coefficient (Wildman–Crippen LogP) is 1.98. The Balaban J connectivity index is 2.24. The minimum absolute atomic E-state index is 0.139. The summed E-state index contributed by atoms with van der Waals surface area (Å²) in [5.41, 5.74) is 3.25. The number of hydrogen-bond acceptors (Lipinski definition) is 3. The third kappa shape index (κ3) is 2.21. The number of fused-ring (bicyclic) bond motifs is 1. The number of sulfone groups is 1. The van der Waals surface area contributed by atoms with E-state index >= 15 is 0 Å². The first kappa shape index (κ1) is 11.5. The van der Waals surface area contributed by atoms with Gasteiger partial charge < -0.3 is 5.32 Å². The molecule has 0 atom stereocenters. The quantitative estimate of drug-likeness (QED) is 0.877. The Morgan fingerprint density at radius 1 is 1.38 bits per heavy atom. The van der Waals surface area contributed by atoms with Crippen LogP contribution in [-0.2, 0) is 22.0 Å². The van der Waals surface area contributed by atoms with Gasteiger partial charge in [0.25, 0.3) is 0 Å². The van der Waals surface area contributed by atoms with Gasteiger partial charge in [-0.25, -0.2) is 8.42 Å². The van der Waals surface area contributed by atoms with Crippen molar-refractivity contribution in [2.24, 2.45) is 0 Å². The molecule has 1 aromatic rings. The average Bonchev–Trinajstić information content (AvgIpc) is 2.63. The Hall–Kier alpha value is -1.03. The second-order valence-electron chi connectivity index (χ2n) is 4.52. The summed E-state index contributed by atoms with van der Waals surface area (Å²) in [6.07, 6.45) is 1.03. The van der Waals surface area contributed by atoms with Gasteiger partial charge in [-0.05, 0) is 37.5 Å². The van der Waals surface area contributed by atoms with E-state index in [1.807, 2.05) is 18.2 Å². The molecular weight excluding hydrogens is 222 g/mol. The van der Waals surface area contributed by atoms with Gasteiger partial charge >= 0.3 is 0 Å². The van der Waals surface area contributed by atoms with Crippen LogP contribution in [0.3, 0.4) is 0 Å². The van der Waals surface area contributed by atoms with Crippen LogP contribution in [0.1, 0.15) is 25.0 Å². The molecule has 0 saturated carbocycles. The van der Waals surface area contributed by atoms with Crippen molar-refractivity contribution < 1.29 is 8.42 Å². The molecule has 0 unspecified atom stereocenters. The standard InChI is InChI=1S/C12H17NO2S/c1-9(2)16(14,15)8-10-3-4-11-5-6-13-12(11)7-10/h3-4,7,9,13H,5-6,8H2,1-2H3. The third-order valence-corrected chi connectivity index (χ3v) is 5.14. The van der Waals surface area contributed by atoms with Crippen LogP contribution in [0.2, 0.25) is 0 Å². The maximum atomic E-state index is 11.8. The lowest BCUT2D eigenvalue weighted by atomic mass is 10.1. The summed E-state index contributed by atoms with van der Waals surface area (Å²) < 4.78 is 23.6. The summed E-state index contributed by atoms with van der Waals surface area (Å²) in [6, 6.07) is 5.91. The Bertz CT molecular complexity index is 492. The minimum atomic E-state index is -3.00. The molecule has 0 bridgehead atoms. The van der Waals surface area contributed by atoms with E-state index in [1.54, 1.807) is 13.8 Å². The zero-order valence-corrected chi connectivity index (χ0v) is 10.5. The smallest absolute Gasteiger partial charge is 0.156 e. The van der Waals surface area contributed by atoms with E-state index in [-0.39, 0.29) is 11.0 Å².